The molecule has 0 aromatic rings. The SMILES string of the molecule is C[C@H](CC(=O)C[C@H](C)C(=O)O)C1=CC[C@@]2(C)[C@@H]3CC[C@@H]4C(C)(C)[C@@H](O)CC[C@]4(C)C3=CC[C@]12C. The van der Waals surface area contributed by atoms with Crippen molar-refractivity contribution in [3.63, 3.8) is 0 Å². The number of carbonyl (C=O) groups is 2. The Morgan fingerprint density at radius 3 is 2.32 bits per heavy atom. The standard InChI is InChI=1S/C30H46O4/c1-18(16-20(31)17-19(2)26(33)34)21-10-14-30(7)23-8-9-24-27(3,4)25(32)12-13-28(24,5)22(23)11-15-29(21,30)6/h10-11,18-19,23-25,32H,8-9,12-17H2,1-7H3,(H,33,34)/t18-,19+,23-,24-,25+,28-,29-,30+/m1/s1. The van der Waals surface area contributed by atoms with E-state index in [9.17, 15) is 19.8 Å². The smallest absolute Gasteiger partial charge is 0.306 e. The number of aliphatic carboxylic acids is 1. The molecule has 0 unspecified atom stereocenters. The summed E-state index contributed by atoms with van der Waals surface area (Å²) in [5, 5.41) is 20.0. The third kappa shape index (κ3) is 3.57. The molecule has 2 saturated carbocycles. The Hall–Kier alpha value is -1.42. The van der Waals surface area contributed by atoms with Gasteiger partial charge in [0.15, 0.2) is 0 Å². The van der Waals surface area contributed by atoms with Crippen LogP contribution in [-0.2, 0) is 9.59 Å². The Kier molecular flexibility index (Phi) is 6.28. The summed E-state index contributed by atoms with van der Waals surface area (Å²) < 4.78 is 0. The zero-order valence-electron chi connectivity index (χ0n) is 22.4. The maximum atomic E-state index is 12.7. The fourth-order valence-corrected chi connectivity index (χ4v) is 9.00. The lowest BCUT2D eigenvalue weighted by Gasteiger charge is -2.64. The second kappa shape index (κ2) is 8.32. The Balaban J connectivity index is 1.59. The molecule has 4 nitrogen and oxygen atoms in total. The van der Waals surface area contributed by atoms with Gasteiger partial charge in [-0.3, -0.25) is 9.59 Å². The van der Waals surface area contributed by atoms with E-state index in [-0.39, 0.29) is 45.9 Å². The fraction of sp³-hybridized carbons (Fsp3) is 0.800. The zero-order chi connectivity index (χ0) is 25.3. The maximum absolute atomic E-state index is 12.7. The van der Waals surface area contributed by atoms with E-state index in [0.29, 0.717) is 18.3 Å². The summed E-state index contributed by atoms with van der Waals surface area (Å²) in [6, 6.07) is 0. The van der Waals surface area contributed by atoms with Crippen LogP contribution in [0.3, 0.4) is 0 Å². The molecule has 2 fully saturated rings. The van der Waals surface area contributed by atoms with Gasteiger partial charge in [-0.15, -0.1) is 0 Å². The summed E-state index contributed by atoms with van der Waals surface area (Å²) in [5.41, 5.74) is 3.35. The van der Waals surface area contributed by atoms with E-state index in [0.717, 1.165) is 25.7 Å². The summed E-state index contributed by atoms with van der Waals surface area (Å²) in [7, 11) is 0. The predicted molar refractivity (Wildman–Crippen MR) is 135 cm³/mol. The van der Waals surface area contributed by atoms with Gasteiger partial charge in [0.05, 0.1) is 12.0 Å². The Labute approximate surface area is 206 Å². The molecule has 0 amide bonds. The summed E-state index contributed by atoms with van der Waals surface area (Å²) in [6.45, 7) is 15.7. The second-order valence-corrected chi connectivity index (χ2v) is 13.5. The number of aliphatic hydroxyl groups is 1. The first-order valence-electron chi connectivity index (χ1n) is 13.5. The van der Waals surface area contributed by atoms with E-state index in [1.165, 1.54) is 18.4 Å². The molecule has 0 bridgehead atoms. The van der Waals surface area contributed by atoms with Crippen molar-refractivity contribution >= 4 is 11.8 Å². The van der Waals surface area contributed by atoms with Crippen LogP contribution in [0.15, 0.2) is 23.3 Å². The highest BCUT2D eigenvalue weighted by atomic mass is 16.4. The number of aliphatic hydroxyl groups excluding tert-OH is 1. The number of carboxylic acids is 1. The van der Waals surface area contributed by atoms with Crippen LogP contribution in [0, 0.1) is 45.3 Å². The molecule has 34 heavy (non-hydrogen) atoms. The first kappa shape index (κ1) is 25.7. The molecule has 2 N–H and O–H groups in total. The molecule has 0 aliphatic heterocycles. The highest BCUT2D eigenvalue weighted by Gasteiger charge is 2.63. The van der Waals surface area contributed by atoms with Crippen LogP contribution in [0.1, 0.15) is 99.8 Å². The minimum atomic E-state index is -0.895. The first-order valence-corrected chi connectivity index (χ1v) is 13.5. The van der Waals surface area contributed by atoms with Crippen LogP contribution in [0.25, 0.3) is 0 Å². The summed E-state index contributed by atoms with van der Waals surface area (Å²) in [4.78, 5) is 23.9. The number of carboxylic acid groups (broad SMARTS) is 1. The highest BCUT2D eigenvalue weighted by molar-refractivity contribution is 5.84. The van der Waals surface area contributed by atoms with Crippen LogP contribution in [0.5, 0.6) is 0 Å². The molecule has 0 saturated heterocycles. The van der Waals surface area contributed by atoms with Crippen LogP contribution in [0.4, 0.5) is 0 Å². The van der Waals surface area contributed by atoms with Gasteiger partial charge in [-0.05, 0) is 77.9 Å². The number of hydrogen-bond donors (Lipinski definition) is 2. The topological polar surface area (TPSA) is 74.6 Å². The number of rotatable bonds is 6. The zero-order valence-corrected chi connectivity index (χ0v) is 22.4. The van der Waals surface area contributed by atoms with Gasteiger partial charge in [0, 0.05) is 12.8 Å². The molecule has 4 rings (SSSR count). The van der Waals surface area contributed by atoms with E-state index < -0.39 is 11.9 Å². The molecular weight excluding hydrogens is 424 g/mol. The molecule has 4 heteroatoms. The molecular formula is C30H46O4. The molecule has 0 spiro atoms. The van der Waals surface area contributed by atoms with E-state index in [1.807, 2.05) is 0 Å². The minimum Gasteiger partial charge on any atom is -0.481 e. The van der Waals surface area contributed by atoms with E-state index >= 15 is 0 Å². The van der Waals surface area contributed by atoms with Crippen molar-refractivity contribution in [3.8, 4) is 0 Å². The minimum absolute atomic E-state index is 0.0339. The lowest BCUT2D eigenvalue weighted by Crippen LogP contribution is -2.57. The Morgan fingerprint density at radius 2 is 1.68 bits per heavy atom. The monoisotopic (exact) mass is 470 g/mol. The van der Waals surface area contributed by atoms with Gasteiger partial charge in [-0.1, -0.05) is 71.8 Å². The van der Waals surface area contributed by atoms with Crippen molar-refractivity contribution in [1.82, 2.24) is 0 Å². The van der Waals surface area contributed by atoms with Crippen LogP contribution in [0.2, 0.25) is 0 Å². The average molecular weight is 471 g/mol. The lowest BCUT2D eigenvalue weighted by molar-refractivity contribution is -0.143. The van der Waals surface area contributed by atoms with E-state index in [2.05, 4.69) is 53.7 Å². The summed E-state index contributed by atoms with van der Waals surface area (Å²) >= 11 is 0. The maximum Gasteiger partial charge on any atom is 0.306 e. The van der Waals surface area contributed by atoms with Gasteiger partial charge in [0.2, 0.25) is 0 Å². The van der Waals surface area contributed by atoms with Crippen molar-refractivity contribution in [1.29, 1.82) is 0 Å². The molecule has 8 atom stereocenters. The summed E-state index contributed by atoms with van der Waals surface area (Å²) in [5.74, 6) is -0.252. The predicted octanol–water partition coefficient (Wildman–Crippen LogP) is 6.58. The van der Waals surface area contributed by atoms with E-state index in [4.69, 9.17) is 0 Å². The van der Waals surface area contributed by atoms with Gasteiger partial charge < -0.3 is 10.2 Å². The van der Waals surface area contributed by atoms with Crippen molar-refractivity contribution in [2.75, 3.05) is 0 Å². The second-order valence-electron chi connectivity index (χ2n) is 13.5. The van der Waals surface area contributed by atoms with Gasteiger partial charge >= 0.3 is 5.97 Å². The lowest BCUT2D eigenvalue weighted by atomic mass is 9.41. The largest absolute Gasteiger partial charge is 0.481 e. The number of allylic oxidation sites excluding steroid dienone is 4. The normalized spacial score (nSPS) is 42.4. The molecule has 0 aromatic heterocycles. The average Bonchev–Trinajstić information content (AvgIpc) is 3.02. The van der Waals surface area contributed by atoms with Crippen LogP contribution < -0.4 is 0 Å². The van der Waals surface area contributed by atoms with E-state index in [1.54, 1.807) is 12.5 Å². The number of Topliss-reactive ketones (excluding diaryl/α,β-unsaturated/α-hetero) is 1. The van der Waals surface area contributed by atoms with Gasteiger partial charge in [-0.2, -0.15) is 0 Å². The first-order chi connectivity index (χ1) is 15.7. The summed E-state index contributed by atoms with van der Waals surface area (Å²) in [6.07, 6.45) is 11.7. The molecule has 0 radical (unpaired) electrons. The molecule has 190 valence electrons. The van der Waals surface area contributed by atoms with Crippen LogP contribution >= 0.6 is 0 Å². The fourth-order valence-electron chi connectivity index (χ4n) is 9.00. The molecule has 0 heterocycles. The molecule has 4 aliphatic carbocycles. The van der Waals surface area contributed by atoms with Gasteiger partial charge in [0.1, 0.15) is 5.78 Å². The van der Waals surface area contributed by atoms with Gasteiger partial charge in [-0.25, -0.2) is 0 Å². The number of fused-ring (bicyclic) bond motifs is 5. The quantitative estimate of drug-likeness (QED) is 0.430. The number of ketones is 1. The molecule has 4 aliphatic rings. The highest BCUT2D eigenvalue weighted by Crippen LogP contribution is 2.71. The number of carbonyl (C=O) groups excluding carboxylic acids is 1. The number of hydrogen-bond acceptors (Lipinski definition) is 3. The molecule has 0 aromatic carbocycles. The van der Waals surface area contributed by atoms with Crippen molar-refractivity contribution in [2.45, 2.75) is 106 Å². The Bertz CT molecular complexity index is 928. The third-order valence-corrected chi connectivity index (χ3v) is 11.4. The van der Waals surface area contributed by atoms with Crippen LogP contribution in [-0.4, -0.2) is 28.1 Å². The van der Waals surface area contributed by atoms with Crippen molar-refractivity contribution < 1.29 is 19.8 Å². The Morgan fingerprint density at radius 1 is 1.00 bits per heavy atom. The van der Waals surface area contributed by atoms with Crippen molar-refractivity contribution in [2.24, 2.45) is 45.3 Å². The third-order valence-electron chi connectivity index (χ3n) is 11.4. The van der Waals surface area contributed by atoms with Crippen molar-refractivity contribution in [3.05, 3.63) is 23.3 Å². The van der Waals surface area contributed by atoms with Gasteiger partial charge in [0.25, 0.3) is 0 Å².